The highest BCUT2D eigenvalue weighted by Gasteiger charge is 2.42. The standard InChI is InChI=1S/C14H26F3N/c1-4-11(5-2)10(3)18-13-8-6-7-12(9-13)14(15,16)17/h10-13,18H,4-9H2,1-3H3. The number of hydrogen-bond donors (Lipinski definition) is 1. The van der Waals surface area contributed by atoms with Gasteiger partial charge in [-0.05, 0) is 32.1 Å². The zero-order chi connectivity index (χ0) is 13.8. The SMILES string of the molecule is CCC(CC)C(C)NC1CCCC(C(F)(F)F)C1. The van der Waals surface area contributed by atoms with E-state index in [2.05, 4.69) is 26.1 Å². The lowest BCUT2D eigenvalue weighted by Gasteiger charge is -2.34. The fourth-order valence-corrected chi connectivity index (χ4v) is 3.14. The van der Waals surface area contributed by atoms with Crippen molar-refractivity contribution >= 4 is 0 Å². The van der Waals surface area contributed by atoms with Gasteiger partial charge in [0.15, 0.2) is 0 Å². The van der Waals surface area contributed by atoms with Gasteiger partial charge >= 0.3 is 6.18 Å². The molecule has 1 N–H and O–H groups in total. The lowest BCUT2D eigenvalue weighted by Crippen LogP contribution is -2.45. The maximum Gasteiger partial charge on any atom is 0.391 e. The summed E-state index contributed by atoms with van der Waals surface area (Å²) in [7, 11) is 0. The van der Waals surface area contributed by atoms with E-state index in [4.69, 9.17) is 0 Å². The highest BCUT2D eigenvalue weighted by atomic mass is 19.4. The van der Waals surface area contributed by atoms with Crippen molar-refractivity contribution < 1.29 is 13.2 Å². The van der Waals surface area contributed by atoms with Crippen molar-refractivity contribution in [3.63, 3.8) is 0 Å². The van der Waals surface area contributed by atoms with Crippen molar-refractivity contribution in [2.24, 2.45) is 11.8 Å². The van der Waals surface area contributed by atoms with Crippen molar-refractivity contribution in [3.8, 4) is 0 Å². The minimum Gasteiger partial charge on any atom is -0.311 e. The Labute approximate surface area is 109 Å². The third-order valence-electron chi connectivity index (χ3n) is 4.39. The van der Waals surface area contributed by atoms with E-state index in [1.165, 1.54) is 0 Å². The second kappa shape index (κ2) is 6.78. The van der Waals surface area contributed by atoms with Gasteiger partial charge in [0.05, 0.1) is 5.92 Å². The van der Waals surface area contributed by atoms with Crippen LogP contribution in [0.4, 0.5) is 13.2 Å². The maximum atomic E-state index is 12.7. The first-order valence-electron chi connectivity index (χ1n) is 7.21. The van der Waals surface area contributed by atoms with Gasteiger partial charge in [-0.1, -0.05) is 33.1 Å². The monoisotopic (exact) mass is 265 g/mol. The Kier molecular flexibility index (Phi) is 5.96. The summed E-state index contributed by atoms with van der Waals surface area (Å²) in [6.45, 7) is 6.40. The molecule has 1 nitrogen and oxygen atoms in total. The van der Waals surface area contributed by atoms with Crippen LogP contribution in [0, 0.1) is 11.8 Å². The van der Waals surface area contributed by atoms with Crippen molar-refractivity contribution in [2.45, 2.75) is 77.6 Å². The predicted molar refractivity (Wildman–Crippen MR) is 68.5 cm³/mol. The molecule has 0 aromatic heterocycles. The Bertz CT molecular complexity index is 236. The fourth-order valence-electron chi connectivity index (χ4n) is 3.14. The van der Waals surface area contributed by atoms with Gasteiger partial charge in [-0.25, -0.2) is 0 Å². The molecule has 0 aromatic rings. The molecule has 1 aliphatic rings. The van der Waals surface area contributed by atoms with Crippen molar-refractivity contribution in [3.05, 3.63) is 0 Å². The van der Waals surface area contributed by atoms with Gasteiger partial charge < -0.3 is 5.32 Å². The third kappa shape index (κ3) is 4.45. The Hall–Kier alpha value is -0.250. The van der Waals surface area contributed by atoms with Crippen molar-refractivity contribution in [1.82, 2.24) is 5.32 Å². The van der Waals surface area contributed by atoms with Crippen molar-refractivity contribution in [1.29, 1.82) is 0 Å². The Balaban J connectivity index is 2.47. The molecular weight excluding hydrogens is 239 g/mol. The van der Waals surface area contributed by atoms with E-state index in [0.717, 1.165) is 19.3 Å². The van der Waals surface area contributed by atoms with E-state index < -0.39 is 12.1 Å². The second-order valence-electron chi connectivity index (χ2n) is 5.63. The van der Waals surface area contributed by atoms with E-state index in [9.17, 15) is 13.2 Å². The van der Waals surface area contributed by atoms with Crippen LogP contribution in [-0.4, -0.2) is 18.3 Å². The van der Waals surface area contributed by atoms with Crippen LogP contribution in [0.15, 0.2) is 0 Å². The van der Waals surface area contributed by atoms with Crippen LogP contribution < -0.4 is 5.32 Å². The molecule has 0 saturated heterocycles. The summed E-state index contributed by atoms with van der Waals surface area (Å²) in [5, 5.41) is 3.42. The highest BCUT2D eigenvalue weighted by Crippen LogP contribution is 2.37. The summed E-state index contributed by atoms with van der Waals surface area (Å²) in [5.41, 5.74) is 0. The summed E-state index contributed by atoms with van der Waals surface area (Å²) in [5.74, 6) is -0.533. The number of hydrogen-bond acceptors (Lipinski definition) is 1. The normalized spacial score (nSPS) is 27.5. The van der Waals surface area contributed by atoms with Crippen LogP contribution in [0.1, 0.15) is 59.3 Å². The van der Waals surface area contributed by atoms with Crippen LogP contribution in [0.5, 0.6) is 0 Å². The molecule has 1 aliphatic carbocycles. The van der Waals surface area contributed by atoms with Gasteiger partial charge in [0.1, 0.15) is 0 Å². The lowest BCUT2D eigenvalue weighted by molar-refractivity contribution is -0.184. The number of alkyl halides is 3. The van der Waals surface area contributed by atoms with E-state index in [-0.39, 0.29) is 12.5 Å². The smallest absolute Gasteiger partial charge is 0.311 e. The van der Waals surface area contributed by atoms with Gasteiger partial charge in [-0.3, -0.25) is 0 Å². The first-order valence-corrected chi connectivity index (χ1v) is 7.21. The largest absolute Gasteiger partial charge is 0.391 e. The van der Waals surface area contributed by atoms with E-state index in [1.807, 2.05) is 0 Å². The van der Waals surface area contributed by atoms with Crippen LogP contribution >= 0.6 is 0 Å². The number of rotatable bonds is 5. The van der Waals surface area contributed by atoms with Gasteiger partial charge in [-0.2, -0.15) is 13.2 Å². The van der Waals surface area contributed by atoms with Crippen LogP contribution in [0.2, 0.25) is 0 Å². The van der Waals surface area contributed by atoms with Crippen LogP contribution in [-0.2, 0) is 0 Å². The van der Waals surface area contributed by atoms with Crippen molar-refractivity contribution in [2.75, 3.05) is 0 Å². The zero-order valence-corrected chi connectivity index (χ0v) is 11.7. The Morgan fingerprint density at radius 1 is 1.17 bits per heavy atom. The molecule has 0 spiro atoms. The summed E-state index contributed by atoms with van der Waals surface area (Å²) < 4.78 is 38.1. The molecular formula is C14H26F3N. The van der Waals surface area contributed by atoms with Crippen LogP contribution in [0.25, 0.3) is 0 Å². The molecule has 0 amide bonds. The minimum absolute atomic E-state index is 0.0426. The summed E-state index contributed by atoms with van der Waals surface area (Å²) in [4.78, 5) is 0. The maximum absolute atomic E-state index is 12.7. The Morgan fingerprint density at radius 3 is 2.28 bits per heavy atom. The van der Waals surface area contributed by atoms with E-state index in [0.29, 0.717) is 24.8 Å². The summed E-state index contributed by atoms with van der Waals surface area (Å²) in [6.07, 6.45) is 0.294. The predicted octanol–water partition coefficient (Wildman–Crippen LogP) is 4.52. The molecule has 108 valence electrons. The molecule has 0 aromatic carbocycles. The first-order chi connectivity index (χ1) is 8.38. The third-order valence-corrected chi connectivity index (χ3v) is 4.39. The minimum atomic E-state index is -4.02. The van der Waals surface area contributed by atoms with E-state index in [1.54, 1.807) is 0 Å². The Morgan fingerprint density at radius 2 is 1.78 bits per heavy atom. The van der Waals surface area contributed by atoms with Crippen LogP contribution in [0.3, 0.4) is 0 Å². The molecule has 18 heavy (non-hydrogen) atoms. The molecule has 0 radical (unpaired) electrons. The average molecular weight is 265 g/mol. The average Bonchev–Trinajstić information content (AvgIpc) is 2.29. The quantitative estimate of drug-likeness (QED) is 0.770. The van der Waals surface area contributed by atoms with Gasteiger partial charge in [0.25, 0.3) is 0 Å². The summed E-state index contributed by atoms with van der Waals surface area (Å²) >= 11 is 0. The molecule has 1 rings (SSSR count). The molecule has 4 heteroatoms. The fraction of sp³-hybridized carbons (Fsp3) is 1.00. The molecule has 1 fully saturated rings. The molecule has 0 heterocycles. The van der Waals surface area contributed by atoms with Gasteiger partial charge in [0.2, 0.25) is 0 Å². The first kappa shape index (κ1) is 15.8. The van der Waals surface area contributed by atoms with Gasteiger partial charge in [0, 0.05) is 12.1 Å². The highest BCUT2D eigenvalue weighted by molar-refractivity contribution is 4.84. The second-order valence-corrected chi connectivity index (χ2v) is 5.63. The molecule has 3 atom stereocenters. The number of nitrogens with one attached hydrogen (secondary N) is 1. The zero-order valence-electron chi connectivity index (χ0n) is 11.7. The topological polar surface area (TPSA) is 12.0 Å². The summed E-state index contributed by atoms with van der Waals surface area (Å²) in [6, 6.07) is 0.359. The number of halogens is 3. The lowest BCUT2D eigenvalue weighted by atomic mass is 9.84. The molecule has 0 bridgehead atoms. The molecule has 0 aliphatic heterocycles. The molecule has 3 unspecified atom stereocenters. The van der Waals surface area contributed by atoms with E-state index >= 15 is 0 Å². The molecule has 1 saturated carbocycles. The van der Waals surface area contributed by atoms with Gasteiger partial charge in [-0.15, -0.1) is 0 Å².